The Morgan fingerprint density at radius 2 is 1.59 bits per heavy atom. The van der Waals surface area contributed by atoms with Crippen molar-refractivity contribution < 1.29 is 54.6 Å². The third kappa shape index (κ3) is 6.28. The average Bonchev–Trinajstić information content (AvgIpc) is 3.38. The van der Waals surface area contributed by atoms with Crippen LogP contribution in [0.4, 0.5) is 0 Å². The molecule has 2 aliphatic rings. The van der Waals surface area contributed by atoms with Gasteiger partial charge < -0.3 is 35.4 Å². The van der Waals surface area contributed by atoms with Crippen LogP contribution in [0.3, 0.4) is 0 Å². The zero-order chi connectivity index (χ0) is 34.1. The number of aliphatic hydroxyl groups excluding tert-OH is 2. The lowest BCUT2D eigenvalue weighted by molar-refractivity contribution is -0.145. The maximum absolute atomic E-state index is 13.4. The first kappa shape index (κ1) is 33.6. The summed E-state index contributed by atoms with van der Waals surface area (Å²) in [5.74, 6) is -6.40. The highest BCUT2D eigenvalue weighted by Gasteiger charge is 2.56. The fraction of sp³-hybridized carbons (Fsp3) is 0.257. The van der Waals surface area contributed by atoms with E-state index in [9.17, 15) is 49.8 Å². The van der Waals surface area contributed by atoms with Gasteiger partial charge in [-0.05, 0) is 67.3 Å². The van der Waals surface area contributed by atoms with Crippen LogP contribution in [-0.2, 0) is 23.9 Å². The summed E-state index contributed by atoms with van der Waals surface area (Å²) in [5, 5.41) is 64.0. The summed E-state index contributed by atoms with van der Waals surface area (Å²) in [5.41, 5.74) is -4.13. The monoisotopic (exact) mass is 630 g/mol. The highest BCUT2D eigenvalue weighted by atomic mass is 16.6. The molecule has 2 aromatic rings. The number of ketones is 3. The minimum absolute atomic E-state index is 0.0303. The SMILES string of the molecule is CC[C@@H](C)/C=C(C)/C=C/C(=O)CC1=C(c2cc(O)c(O)cc2C2=C(O)/C(=C/c3ccc(O)cc3)OC2=O)[C@](O)(C(C)=O)[C@H](O)C1=O. The quantitative estimate of drug-likeness (QED) is 0.0952. The number of allylic oxidation sites excluding steroid dienone is 4. The molecule has 6 N–H and O–H groups in total. The number of phenols is 3. The van der Waals surface area contributed by atoms with Crippen LogP contribution >= 0.6 is 0 Å². The van der Waals surface area contributed by atoms with Crippen LogP contribution in [0.15, 0.2) is 77.3 Å². The van der Waals surface area contributed by atoms with E-state index in [4.69, 9.17) is 4.74 Å². The van der Waals surface area contributed by atoms with Crippen molar-refractivity contribution in [2.45, 2.75) is 52.2 Å². The van der Waals surface area contributed by atoms with Gasteiger partial charge in [0.25, 0.3) is 0 Å². The molecule has 3 atom stereocenters. The van der Waals surface area contributed by atoms with Crippen molar-refractivity contribution in [3.05, 3.63) is 94.0 Å². The molecule has 4 rings (SSSR count). The minimum atomic E-state index is -2.93. The van der Waals surface area contributed by atoms with Crippen molar-refractivity contribution in [2.24, 2.45) is 5.92 Å². The normalized spacial score (nSPS) is 21.9. The Bertz CT molecular complexity index is 1790. The third-order valence-electron chi connectivity index (χ3n) is 7.96. The number of aliphatic hydroxyl groups is 3. The van der Waals surface area contributed by atoms with Gasteiger partial charge in [-0.2, -0.15) is 0 Å². The Balaban J connectivity index is 1.93. The van der Waals surface area contributed by atoms with Gasteiger partial charge >= 0.3 is 5.97 Å². The van der Waals surface area contributed by atoms with Gasteiger partial charge in [-0.15, -0.1) is 0 Å². The third-order valence-corrected chi connectivity index (χ3v) is 7.96. The maximum atomic E-state index is 13.4. The molecule has 0 aromatic heterocycles. The van der Waals surface area contributed by atoms with E-state index in [1.807, 2.05) is 19.9 Å². The van der Waals surface area contributed by atoms with Crippen LogP contribution in [0.1, 0.15) is 57.2 Å². The summed E-state index contributed by atoms with van der Waals surface area (Å²) in [6.07, 6.45) is 3.83. The molecule has 0 saturated carbocycles. The van der Waals surface area contributed by atoms with Crippen LogP contribution in [0.2, 0.25) is 0 Å². The standard InChI is InChI=1S/C35H34O11/c1-5-17(2)12-18(3)6-9-22(38)14-25-30(35(45,19(4)36)33(43)31(25)41)24-16-27(40)26(39)15-23(24)29-32(42)28(46-34(29)44)13-20-7-10-21(37)11-8-20/h6-13,15-17,33,37,39-40,42-43,45H,5,14H2,1-4H3/b9-6+,18-12+,28-13-/t17-,33-,35-/m1/s1. The van der Waals surface area contributed by atoms with Gasteiger partial charge in [-0.1, -0.05) is 50.1 Å². The smallest absolute Gasteiger partial charge is 0.348 e. The lowest BCUT2D eigenvalue weighted by Crippen LogP contribution is -2.48. The fourth-order valence-electron chi connectivity index (χ4n) is 5.30. The summed E-state index contributed by atoms with van der Waals surface area (Å²) in [4.78, 5) is 52.5. The van der Waals surface area contributed by atoms with E-state index in [0.29, 0.717) is 5.56 Å². The molecule has 0 amide bonds. The van der Waals surface area contributed by atoms with Crippen molar-refractivity contribution in [1.82, 2.24) is 0 Å². The molecule has 0 unspecified atom stereocenters. The predicted octanol–water partition coefficient (Wildman–Crippen LogP) is 4.20. The first-order valence-corrected chi connectivity index (χ1v) is 14.4. The lowest BCUT2D eigenvalue weighted by atomic mass is 9.81. The number of cyclic esters (lactones) is 1. The zero-order valence-corrected chi connectivity index (χ0v) is 25.6. The Kier molecular flexibility index (Phi) is 9.50. The maximum Gasteiger partial charge on any atom is 0.348 e. The fourth-order valence-corrected chi connectivity index (χ4v) is 5.30. The van der Waals surface area contributed by atoms with Gasteiger partial charge in [0, 0.05) is 23.1 Å². The van der Waals surface area contributed by atoms with E-state index >= 15 is 0 Å². The van der Waals surface area contributed by atoms with Crippen molar-refractivity contribution in [2.75, 3.05) is 0 Å². The zero-order valence-electron chi connectivity index (χ0n) is 25.6. The molecule has 11 heteroatoms. The second-order valence-corrected chi connectivity index (χ2v) is 11.3. The van der Waals surface area contributed by atoms with Gasteiger partial charge in [0.05, 0.1) is 0 Å². The molecule has 1 aliphatic heterocycles. The van der Waals surface area contributed by atoms with Crippen molar-refractivity contribution >= 4 is 40.5 Å². The number of aromatic hydroxyl groups is 3. The van der Waals surface area contributed by atoms with Crippen LogP contribution in [0.25, 0.3) is 17.2 Å². The van der Waals surface area contributed by atoms with Crippen molar-refractivity contribution in [3.8, 4) is 17.2 Å². The van der Waals surface area contributed by atoms with Crippen molar-refractivity contribution in [3.63, 3.8) is 0 Å². The van der Waals surface area contributed by atoms with Gasteiger partial charge in [0.1, 0.15) is 11.3 Å². The number of carbonyl (C=O) groups is 4. The Morgan fingerprint density at radius 3 is 2.17 bits per heavy atom. The number of hydrogen-bond donors (Lipinski definition) is 6. The molecule has 0 saturated heterocycles. The number of esters is 1. The summed E-state index contributed by atoms with van der Waals surface area (Å²) < 4.78 is 5.25. The highest BCUT2D eigenvalue weighted by Crippen LogP contribution is 2.48. The van der Waals surface area contributed by atoms with Gasteiger partial charge in [-0.3, -0.25) is 14.4 Å². The van der Waals surface area contributed by atoms with E-state index in [2.05, 4.69) is 0 Å². The van der Waals surface area contributed by atoms with Gasteiger partial charge in [-0.25, -0.2) is 4.79 Å². The molecule has 0 spiro atoms. The van der Waals surface area contributed by atoms with Crippen LogP contribution in [-0.4, -0.2) is 65.7 Å². The lowest BCUT2D eigenvalue weighted by Gasteiger charge is -2.28. The molecule has 0 fully saturated rings. The van der Waals surface area contributed by atoms with Gasteiger partial charge in [0.15, 0.2) is 52.1 Å². The second kappa shape index (κ2) is 13.0. The van der Waals surface area contributed by atoms with Crippen LogP contribution in [0.5, 0.6) is 17.2 Å². The van der Waals surface area contributed by atoms with E-state index in [-0.39, 0.29) is 23.0 Å². The van der Waals surface area contributed by atoms with E-state index in [1.165, 1.54) is 36.4 Å². The number of benzene rings is 2. The molecule has 0 bridgehead atoms. The summed E-state index contributed by atoms with van der Waals surface area (Å²) in [6.45, 7) is 6.70. The molecule has 1 aliphatic carbocycles. The van der Waals surface area contributed by atoms with Crippen LogP contribution < -0.4 is 0 Å². The number of Topliss-reactive ketones (excluding diaryl/α,β-unsaturated/α-hetero) is 2. The molecule has 240 valence electrons. The van der Waals surface area contributed by atoms with E-state index in [0.717, 1.165) is 31.1 Å². The number of phenolic OH excluding ortho intramolecular Hbond substituents is 3. The first-order valence-electron chi connectivity index (χ1n) is 14.4. The van der Waals surface area contributed by atoms with E-state index < -0.39 is 81.0 Å². The van der Waals surface area contributed by atoms with Gasteiger partial charge in [0.2, 0.25) is 0 Å². The number of carbonyl (C=O) groups excluding carboxylic acids is 4. The predicted molar refractivity (Wildman–Crippen MR) is 167 cm³/mol. The minimum Gasteiger partial charge on any atom is -0.508 e. The summed E-state index contributed by atoms with van der Waals surface area (Å²) in [7, 11) is 0. The molecule has 0 radical (unpaired) electrons. The topological polar surface area (TPSA) is 199 Å². The summed E-state index contributed by atoms with van der Waals surface area (Å²) >= 11 is 0. The van der Waals surface area contributed by atoms with Crippen LogP contribution in [0, 0.1) is 5.92 Å². The number of rotatable bonds is 10. The Morgan fingerprint density at radius 1 is 0.978 bits per heavy atom. The molecular formula is C35H34O11. The van der Waals surface area contributed by atoms with Crippen molar-refractivity contribution in [1.29, 1.82) is 0 Å². The average molecular weight is 631 g/mol. The summed E-state index contributed by atoms with van der Waals surface area (Å²) in [6, 6.07) is 7.36. The Hall–Kier alpha value is -5.26. The molecule has 46 heavy (non-hydrogen) atoms. The molecular weight excluding hydrogens is 596 g/mol. The largest absolute Gasteiger partial charge is 0.508 e. The van der Waals surface area contributed by atoms with E-state index in [1.54, 1.807) is 13.0 Å². The number of ether oxygens (including phenoxy) is 1. The molecule has 11 nitrogen and oxygen atoms in total. The first-order chi connectivity index (χ1) is 21.6. The highest BCUT2D eigenvalue weighted by molar-refractivity contribution is 6.26. The second-order valence-electron chi connectivity index (χ2n) is 11.3. The molecule has 1 heterocycles. The number of hydrogen-bond acceptors (Lipinski definition) is 11. The Labute approximate surface area is 264 Å². The molecule has 2 aromatic carbocycles.